The van der Waals surface area contributed by atoms with Gasteiger partial charge in [-0.15, -0.1) is 0 Å². The molecule has 1 saturated heterocycles. The van der Waals surface area contributed by atoms with Gasteiger partial charge in [0.1, 0.15) is 0 Å². The van der Waals surface area contributed by atoms with Gasteiger partial charge in [-0.05, 0) is 29.9 Å². The zero-order valence-electron chi connectivity index (χ0n) is 12.2. The van der Waals surface area contributed by atoms with Crippen molar-refractivity contribution in [3.63, 3.8) is 0 Å². The Hall–Kier alpha value is -1.39. The Bertz CT molecular complexity index is 423. The largest absolute Gasteiger partial charge is 0.384 e. The first-order chi connectivity index (χ1) is 9.72. The van der Waals surface area contributed by atoms with Crippen LogP contribution in [-0.2, 0) is 22.5 Å². The molecule has 0 aliphatic carbocycles. The molecule has 1 heterocycles. The molecule has 2 N–H and O–H groups in total. The molecule has 1 fully saturated rings. The maximum absolute atomic E-state index is 12.3. The Kier molecular flexibility index (Phi) is 5.56. The van der Waals surface area contributed by atoms with Crippen LogP contribution in [0, 0.1) is 5.92 Å². The summed E-state index contributed by atoms with van der Waals surface area (Å²) in [6, 6.07) is 7.98. The molecule has 1 aliphatic rings. The third kappa shape index (κ3) is 4.05. The van der Waals surface area contributed by atoms with E-state index in [1.165, 1.54) is 0 Å². The first-order valence-electron chi connectivity index (χ1n) is 7.27. The van der Waals surface area contributed by atoms with Crippen molar-refractivity contribution in [2.75, 3.05) is 26.8 Å². The minimum absolute atomic E-state index is 0.223. The molecule has 0 radical (unpaired) electrons. The number of benzene rings is 1. The zero-order chi connectivity index (χ0) is 14.4. The van der Waals surface area contributed by atoms with Gasteiger partial charge >= 0.3 is 0 Å². The Morgan fingerprint density at radius 3 is 2.40 bits per heavy atom. The van der Waals surface area contributed by atoms with Gasteiger partial charge in [0, 0.05) is 33.4 Å². The van der Waals surface area contributed by atoms with E-state index in [1.807, 2.05) is 29.2 Å². The summed E-state index contributed by atoms with van der Waals surface area (Å²) >= 11 is 0. The summed E-state index contributed by atoms with van der Waals surface area (Å²) in [5, 5.41) is 0. The smallest absolute Gasteiger partial charge is 0.226 e. The second-order valence-electron chi connectivity index (χ2n) is 5.48. The lowest BCUT2D eigenvalue weighted by molar-refractivity contribution is -0.132. The first-order valence-corrected chi connectivity index (χ1v) is 7.27. The molecule has 0 spiro atoms. The number of methoxy groups -OCH3 is 1. The van der Waals surface area contributed by atoms with Crippen LogP contribution in [0.4, 0.5) is 0 Å². The standard InChI is InChI=1S/C16H24N2O2/c1-20-12-15-6-8-18(9-7-15)16(19)10-13-2-4-14(11-17)5-3-13/h2-5,15H,6-12,17H2,1H3. The molecule has 20 heavy (non-hydrogen) atoms. The monoisotopic (exact) mass is 276 g/mol. The fourth-order valence-electron chi connectivity index (χ4n) is 2.66. The highest BCUT2D eigenvalue weighted by molar-refractivity contribution is 5.78. The van der Waals surface area contributed by atoms with Crippen LogP contribution < -0.4 is 5.73 Å². The van der Waals surface area contributed by atoms with Crippen LogP contribution in [0.1, 0.15) is 24.0 Å². The van der Waals surface area contributed by atoms with Crippen LogP contribution in [0.2, 0.25) is 0 Å². The van der Waals surface area contributed by atoms with Gasteiger partial charge in [-0.2, -0.15) is 0 Å². The fourth-order valence-corrected chi connectivity index (χ4v) is 2.66. The van der Waals surface area contributed by atoms with Crippen molar-refractivity contribution in [2.24, 2.45) is 11.7 Å². The van der Waals surface area contributed by atoms with E-state index in [2.05, 4.69) is 0 Å². The minimum atomic E-state index is 0.223. The van der Waals surface area contributed by atoms with Crippen molar-refractivity contribution in [3.8, 4) is 0 Å². The number of nitrogens with two attached hydrogens (primary N) is 1. The normalized spacial score (nSPS) is 16.4. The predicted molar refractivity (Wildman–Crippen MR) is 79.2 cm³/mol. The van der Waals surface area contributed by atoms with Crippen LogP contribution in [0.15, 0.2) is 24.3 Å². The van der Waals surface area contributed by atoms with Crippen molar-refractivity contribution in [1.29, 1.82) is 0 Å². The fraction of sp³-hybridized carbons (Fsp3) is 0.562. The van der Waals surface area contributed by atoms with Gasteiger partial charge in [-0.25, -0.2) is 0 Å². The van der Waals surface area contributed by atoms with E-state index >= 15 is 0 Å². The highest BCUT2D eigenvalue weighted by Crippen LogP contribution is 2.18. The van der Waals surface area contributed by atoms with Gasteiger partial charge in [-0.3, -0.25) is 4.79 Å². The van der Waals surface area contributed by atoms with Crippen molar-refractivity contribution in [2.45, 2.75) is 25.8 Å². The molecule has 0 aromatic heterocycles. The van der Waals surface area contributed by atoms with Crippen LogP contribution in [0.3, 0.4) is 0 Å². The van der Waals surface area contributed by atoms with Crippen LogP contribution in [0.5, 0.6) is 0 Å². The van der Waals surface area contributed by atoms with Gasteiger partial charge in [0.25, 0.3) is 0 Å². The van der Waals surface area contributed by atoms with Crippen LogP contribution in [-0.4, -0.2) is 37.6 Å². The average molecular weight is 276 g/mol. The number of likely N-dealkylation sites (tertiary alicyclic amines) is 1. The Balaban J connectivity index is 1.83. The second kappa shape index (κ2) is 7.41. The number of hydrogen-bond acceptors (Lipinski definition) is 3. The Morgan fingerprint density at radius 2 is 1.85 bits per heavy atom. The molecule has 110 valence electrons. The summed E-state index contributed by atoms with van der Waals surface area (Å²) in [6.07, 6.45) is 2.58. The van der Waals surface area contributed by atoms with Crippen LogP contribution >= 0.6 is 0 Å². The van der Waals surface area contributed by atoms with E-state index in [-0.39, 0.29) is 5.91 Å². The molecule has 4 heteroatoms. The number of carbonyl (C=O) groups is 1. The van der Waals surface area contributed by atoms with Gasteiger partial charge < -0.3 is 15.4 Å². The van der Waals surface area contributed by atoms with Gasteiger partial charge in [0.2, 0.25) is 5.91 Å². The lowest BCUT2D eigenvalue weighted by Crippen LogP contribution is -2.40. The quantitative estimate of drug-likeness (QED) is 0.888. The van der Waals surface area contributed by atoms with Crippen molar-refractivity contribution in [3.05, 3.63) is 35.4 Å². The van der Waals surface area contributed by atoms with Gasteiger partial charge in [-0.1, -0.05) is 24.3 Å². The predicted octanol–water partition coefficient (Wildman–Crippen LogP) is 1.57. The van der Waals surface area contributed by atoms with Crippen molar-refractivity contribution >= 4 is 5.91 Å². The Morgan fingerprint density at radius 1 is 1.25 bits per heavy atom. The molecule has 0 unspecified atom stereocenters. The second-order valence-corrected chi connectivity index (χ2v) is 5.48. The number of rotatable bonds is 5. The minimum Gasteiger partial charge on any atom is -0.384 e. The SMILES string of the molecule is COCC1CCN(C(=O)Cc2ccc(CN)cc2)CC1. The number of carbonyl (C=O) groups excluding carboxylic acids is 1. The molecule has 0 atom stereocenters. The maximum Gasteiger partial charge on any atom is 0.226 e. The van der Waals surface area contributed by atoms with Crippen molar-refractivity contribution in [1.82, 2.24) is 4.90 Å². The average Bonchev–Trinajstić information content (AvgIpc) is 2.49. The molecular formula is C16H24N2O2. The van der Waals surface area contributed by atoms with E-state index < -0.39 is 0 Å². The maximum atomic E-state index is 12.3. The third-order valence-corrected chi connectivity index (χ3v) is 3.98. The molecular weight excluding hydrogens is 252 g/mol. The van der Waals surface area contributed by atoms with E-state index in [4.69, 9.17) is 10.5 Å². The molecule has 4 nitrogen and oxygen atoms in total. The first kappa shape index (κ1) is 15.0. The lowest BCUT2D eigenvalue weighted by Gasteiger charge is -2.31. The van der Waals surface area contributed by atoms with E-state index in [9.17, 15) is 4.79 Å². The molecule has 2 rings (SSSR count). The van der Waals surface area contributed by atoms with Crippen molar-refractivity contribution < 1.29 is 9.53 Å². The molecule has 0 bridgehead atoms. The molecule has 1 amide bonds. The highest BCUT2D eigenvalue weighted by Gasteiger charge is 2.22. The summed E-state index contributed by atoms with van der Waals surface area (Å²) in [5.74, 6) is 0.828. The van der Waals surface area contributed by atoms with Gasteiger partial charge in [0.15, 0.2) is 0 Å². The van der Waals surface area contributed by atoms with Gasteiger partial charge in [0.05, 0.1) is 6.42 Å². The third-order valence-electron chi connectivity index (χ3n) is 3.98. The summed E-state index contributed by atoms with van der Waals surface area (Å²) < 4.78 is 5.18. The number of piperidine rings is 1. The molecule has 0 saturated carbocycles. The number of nitrogens with zero attached hydrogens (tertiary/aromatic N) is 1. The lowest BCUT2D eigenvalue weighted by atomic mass is 9.97. The molecule has 1 aliphatic heterocycles. The number of hydrogen-bond donors (Lipinski definition) is 1. The Labute approximate surface area is 120 Å². The van der Waals surface area contributed by atoms with Crippen LogP contribution in [0.25, 0.3) is 0 Å². The summed E-state index contributed by atoms with van der Waals surface area (Å²) in [4.78, 5) is 14.2. The zero-order valence-corrected chi connectivity index (χ0v) is 12.2. The van der Waals surface area contributed by atoms with E-state index in [0.29, 0.717) is 18.9 Å². The molecule has 1 aromatic carbocycles. The number of amides is 1. The summed E-state index contributed by atoms with van der Waals surface area (Å²) in [6.45, 7) is 3.06. The van der Waals surface area contributed by atoms with E-state index in [0.717, 1.165) is 43.7 Å². The topological polar surface area (TPSA) is 55.6 Å². The summed E-state index contributed by atoms with van der Waals surface area (Å²) in [7, 11) is 1.74. The summed E-state index contributed by atoms with van der Waals surface area (Å²) in [5.41, 5.74) is 7.73. The molecule has 1 aromatic rings. The number of ether oxygens (including phenoxy) is 1. The highest BCUT2D eigenvalue weighted by atomic mass is 16.5. The van der Waals surface area contributed by atoms with E-state index in [1.54, 1.807) is 7.11 Å².